The minimum atomic E-state index is 0.568. The Hall–Kier alpha value is -4.98. The van der Waals surface area contributed by atoms with Crippen LogP contribution in [0.3, 0.4) is 0 Å². The molecule has 5 aromatic carbocycles. The first-order valence-corrected chi connectivity index (χ1v) is 35.8. The van der Waals surface area contributed by atoms with Crippen LogP contribution in [0.5, 0.6) is 5.75 Å². The standard InChI is InChI=1S/C10H13NO.C10H13N.2C9H11N.C8H9N.3C7H15N.2C6H13N/c1-12-9-4-5-10-8(7-9)3-2-6-11-10;1-8-2-3-10-7-11-5-4-9(10)6-8;1-2-6-9-8(4-1)5-3-7-10-9;1-2-4-9-7-10-6-5-8(9)3-1;1-2-4-8-7(3-1)5-6-9-8;1-6-3-7(2)5-8-4-6;2*1-7(2)4-3-5-8-6-7;1-6-2-4-7-5-3-6;1-6-3-2-4-7-5-6/h4-5,7,11H,2-3,6H2,1H3;2-3,6,11H,4-5,7H2,1H3;1-2,4,6,10H,3,5,7H2;1-4,10H,5-7H2;1-4,9H,5-6H2;6-8H,3-5H2,1-2H3;2*8H,3-6H2,1-2H3;2*6-7H,2-5H2,1H3. The van der Waals surface area contributed by atoms with E-state index in [1.807, 2.05) is 6.07 Å². The summed E-state index contributed by atoms with van der Waals surface area (Å²) < 4.78 is 5.15. The van der Waals surface area contributed by atoms with E-state index in [4.69, 9.17) is 4.74 Å². The van der Waals surface area contributed by atoms with Crippen molar-refractivity contribution in [3.05, 3.63) is 154 Å². The summed E-state index contributed by atoms with van der Waals surface area (Å²) in [7, 11) is 1.71. The van der Waals surface area contributed by atoms with Gasteiger partial charge >= 0.3 is 0 Å². The fourth-order valence-electron chi connectivity index (χ4n) is 13.1. The van der Waals surface area contributed by atoms with Gasteiger partial charge in [-0.25, -0.2) is 0 Å². The molecule has 3 atom stereocenters. The number of para-hydroxylation sites is 2. The molecule has 0 aliphatic carbocycles. The summed E-state index contributed by atoms with van der Waals surface area (Å²) in [5.41, 5.74) is 16.7. The fourth-order valence-corrected chi connectivity index (χ4v) is 13.1. The quantitative estimate of drug-likeness (QED) is 0.0788. The van der Waals surface area contributed by atoms with Crippen LogP contribution in [0.25, 0.3) is 0 Å². The van der Waals surface area contributed by atoms with Gasteiger partial charge in [-0.3, -0.25) is 0 Å². The number of fused-ring (bicyclic) bond motifs is 5. The van der Waals surface area contributed by atoms with Crippen LogP contribution in [0.4, 0.5) is 17.1 Å². The molecule has 3 unspecified atom stereocenters. The molecule has 11 heteroatoms. The molecule has 10 aliphatic heterocycles. The van der Waals surface area contributed by atoms with E-state index < -0.39 is 0 Å². The molecule has 500 valence electrons. The molecule has 90 heavy (non-hydrogen) atoms. The number of nitrogens with one attached hydrogen (secondary N) is 10. The molecule has 5 aromatic rings. The highest BCUT2D eigenvalue weighted by Crippen LogP contribution is 2.27. The van der Waals surface area contributed by atoms with Gasteiger partial charge < -0.3 is 57.9 Å². The second kappa shape index (κ2) is 42.3. The first-order valence-electron chi connectivity index (χ1n) is 35.8. The Morgan fingerprint density at radius 3 is 1.33 bits per heavy atom. The van der Waals surface area contributed by atoms with Crippen molar-refractivity contribution in [1.29, 1.82) is 0 Å². The van der Waals surface area contributed by atoms with Gasteiger partial charge in [-0.15, -0.1) is 0 Å². The zero-order valence-corrected chi connectivity index (χ0v) is 58.4. The maximum atomic E-state index is 5.15. The van der Waals surface area contributed by atoms with E-state index in [2.05, 4.69) is 219 Å². The Labute approximate surface area is 549 Å². The number of hydrogen-bond acceptors (Lipinski definition) is 11. The second-order valence-corrected chi connectivity index (χ2v) is 28.8. The van der Waals surface area contributed by atoms with Crippen LogP contribution in [-0.2, 0) is 45.2 Å². The highest BCUT2D eigenvalue weighted by Gasteiger charge is 2.21. The third kappa shape index (κ3) is 30.2. The van der Waals surface area contributed by atoms with E-state index in [-0.39, 0.29) is 0 Å². The largest absolute Gasteiger partial charge is 0.497 e. The van der Waals surface area contributed by atoms with E-state index in [1.54, 1.807) is 7.11 Å². The second-order valence-electron chi connectivity index (χ2n) is 28.8. The first-order chi connectivity index (χ1) is 43.6. The lowest BCUT2D eigenvalue weighted by Crippen LogP contribution is -2.35. The van der Waals surface area contributed by atoms with Crippen LogP contribution in [0.15, 0.2) is 109 Å². The van der Waals surface area contributed by atoms with Gasteiger partial charge in [0.25, 0.3) is 0 Å². The van der Waals surface area contributed by atoms with Gasteiger partial charge in [-0.1, -0.05) is 140 Å². The monoisotopic (exact) mass is 1230 g/mol. The third-order valence-corrected chi connectivity index (χ3v) is 18.8. The van der Waals surface area contributed by atoms with Crippen molar-refractivity contribution in [2.75, 3.05) is 121 Å². The van der Waals surface area contributed by atoms with Crippen molar-refractivity contribution in [3.63, 3.8) is 0 Å². The van der Waals surface area contributed by atoms with Crippen LogP contribution in [0.1, 0.15) is 171 Å². The van der Waals surface area contributed by atoms with Crippen molar-refractivity contribution in [2.24, 2.45) is 34.5 Å². The Bertz CT molecular complexity index is 2510. The van der Waals surface area contributed by atoms with Crippen LogP contribution < -0.4 is 57.9 Å². The van der Waals surface area contributed by atoms with Crippen LogP contribution in [0, 0.1) is 41.4 Å². The Morgan fingerprint density at radius 1 is 0.367 bits per heavy atom. The number of benzene rings is 5. The van der Waals surface area contributed by atoms with E-state index in [0.29, 0.717) is 10.8 Å². The smallest absolute Gasteiger partial charge is 0.119 e. The number of hydrogen-bond donors (Lipinski definition) is 10. The average Bonchev–Trinajstić information content (AvgIpc) is 3.63. The minimum Gasteiger partial charge on any atom is -0.497 e. The van der Waals surface area contributed by atoms with E-state index in [0.717, 1.165) is 75.2 Å². The normalized spacial score (nSPS) is 22.0. The molecular formula is C79H128N10O. The SMILES string of the molecule is CC1(C)CCCNC1.CC1(C)CCCNC1.CC1CCCNC1.CC1CCNCC1.CC1CNCC(C)C1.COc1ccc2c(c1)CCCN2.Cc1ccc2c(c1)CCNC2.c1ccc2c(c1)CCCN2.c1ccc2c(c1)CCN2.c1ccc2c(c1)CCNC2. The predicted octanol–water partition coefficient (Wildman–Crippen LogP) is 14.8. The fraction of sp³-hybridized carbons (Fsp3) is 0.620. The number of anilines is 3. The molecule has 10 heterocycles. The lowest BCUT2D eigenvalue weighted by Gasteiger charge is -2.29. The van der Waals surface area contributed by atoms with E-state index >= 15 is 0 Å². The molecular weight excluding hydrogens is 1100 g/mol. The number of piperidine rings is 5. The summed E-state index contributed by atoms with van der Waals surface area (Å²) >= 11 is 0. The summed E-state index contributed by atoms with van der Waals surface area (Å²) in [5.74, 6) is 4.66. The topological polar surface area (TPSA) is 130 Å². The molecule has 15 rings (SSSR count). The van der Waals surface area contributed by atoms with Gasteiger partial charge in [0.05, 0.1) is 7.11 Å². The number of ether oxygens (including phenoxy) is 1. The van der Waals surface area contributed by atoms with Gasteiger partial charge in [-0.05, 0) is 279 Å². The summed E-state index contributed by atoms with van der Waals surface area (Å²) in [6.07, 6.45) is 20.9. The van der Waals surface area contributed by atoms with E-state index in [1.165, 1.54) is 230 Å². The molecule has 0 bridgehead atoms. The van der Waals surface area contributed by atoms with Crippen molar-refractivity contribution >= 4 is 17.1 Å². The van der Waals surface area contributed by atoms with Gasteiger partial charge in [0.1, 0.15) is 5.75 Å². The molecule has 0 amide bonds. The molecule has 0 spiro atoms. The molecule has 10 aliphatic rings. The summed E-state index contributed by atoms with van der Waals surface area (Å²) in [4.78, 5) is 0. The number of aryl methyl sites for hydroxylation is 3. The summed E-state index contributed by atoms with van der Waals surface area (Å²) in [6.45, 7) is 40.6. The number of rotatable bonds is 1. The van der Waals surface area contributed by atoms with Crippen molar-refractivity contribution in [1.82, 2.24) is 37.2 Å². The molecule has 5 fully saturated rings. The van der Waals surface area contributed by atoms with Gasteiger partial charge in [0.2, 0.25) is 0 Å². The maximum Gasteiger partial charge on any atom is 0.119 e. The number of methoxy groups -OCH3 is 1. The van der Waals surface area contributed by atoms with Crippen molar-refractivity contribution < 1.29 is 4.74 Å². The Kier molecular flexibility index (Phi) is 34.8. The molecule has 10 N–H and O–H groups in total. The average molecular weight is 1230 g/mol. The first kappa shape index (κ1) is 74.1. The van der Waals surface area contributed by atoms with Crippen LogP contribution in [0.2, 0.25) is 0 Å². The zero-order valence-electron chi connectivity index (χ0n) is 58.4. The molecule has 5 saturated heterocycles. The molecule has 11 nitrogen and oxygen atoms in total. The predicted molar refractivity (Wildman–Crippen MR) is 390 cm³/mol. The van der Waals surface area contributed by atoms with Crippen molar-refractivity contribution in [3.8, 4) is 5.75 Å². The maximum absolute atomic E-state index is 5.15. The Morgan fingerprint density at radius 2 is 0.867 bits per heavy atom. The minimum absolute atomic E-state index is 0.568. The zero-order chi connectivity index (χ0) is 64.1. The summed E-state index contributed by atoms with van der Waals surface area (Å²) in [5, 5.41) is 33.5. The van der Waals surface area contributed by atoms with Gasteiger partial charge in [0, 0.05) is 62.9 Å². The lowest BCUT2D eigenvalue weighted by molar-refractivity contribution is 0.265. The highest BCUT2D eigenvalue weighted by molar-refractivity contribution is 5.56. The highest BCUT2D eigenvalue weighted by atomic mass is 16.5. The van der Waals surface area contributed by atoms with Crippen LogP contribution in [-0.4, -0.2) is 105 Å². The van der Waals surface area contributed by atoms with Crippen molar-refractivity contribution in [2.45, 2.75) is 178 Å². The summed E-state index contributed by atoms with van der Waals surface area (Å²) in [6, 6.07) is 38.5. The lowest BCUT2D eigenvalue weighted by atomic mass is 9.85. The Balaban J connectivity index is 0.000000160. The molecule has 0 saturated carbocycles. The van der Waals surface area contributed by atoms with Crippen LogP contribution >= 0.6 is 0 Å². The molecule has 0 radical (unpaired) electrons. The van der Waals surface area contributed by atoms with Gasteiger partial charge in [-0.2, -0.15) is 0 Å². The molecule has 0 aromatic heterocycles. The third-order valence-electron chi connectivity index (χ3n) is 18.8. The van der Waals surface area contributed by atoms with E-state index in [9.17, 15) is 0 Å². The van der Waals surface area contributed by atoms with Gasteiger partial charge in [0.15, 0.2) is 0 Å².